The summed E-state index contributed by atoms with van der Waals surface area (Å²) in [6.45, 7) is 7.31. The molecule has 19 heavy (non-hydrogen) atoms. The van der Waals surface area contributed by atoms with Crippen molar-refractivity contribution in [1.29, 1.82) is 0 Å². The van der Waals surface area contributed by atoms with Gasteiger partial charge in [0.1, 0.15) is 0 Å². The zero-order chi connectivity index (χ0) is 14.0. The number of hydrogen-bond acceptors (Lipinski definition) is 4. The van der Waals surface area contributed by atoms with Crippen molar-refractivity contribution in [1.82, 2.24) is 0 Å². The standard InChI is InChI=1S/C15H19NO3/c1-4-19-15(18)13-5-6-14(11(3)10(13)2)16-8-7-12(17)9-16/h5-6H,4,7-9H2,1-3H3. The highest BCUT2D eigenvalue weighted by Crippen LogP contribution is 2.28. The Kier molecular flexibility index (Phi) is 3.88. The number of hydrogen-bond donors (Lipinski definition) is 0. The molecule has 1 aliphatic rings. The lowest BCUT2D eigenvalue weighted by Crippen LogP contribution is -2.21. The van der Waals surface area contributed by atoms with Gasteiger partial charge in [0.25, 0.3) is 0 Å². The number of carbonyl (C=O) groups is 2. The van der Waals surface area contributed by atoms with Crippen molar-refractivity contribution in [3.8, 4) is 0 Å². The summed E-state index contributed by atoms with van der Waals surface area (Å²) in [6, 6.07) is 3.70. The van der Waals surface area contributed by atoms with E-state index >= 15 is 0 Å². The molecule has 0 aliphatic carbocycles. The van der Waals surface area contributed by atoms with Crippen molar-refractivity contribution in [3.63, 3.8) is 0 Å². The number of benzene rings is 1. The molecule has 1 fully saturated rings. The molecule has 102 valence electrons. The third kappa shape index (κ3) is 2.62. The van der Waals surface area contributed by atoms with E-state index in [2.05, 4.69) is 4.90 Å². The predicted molar refractivity (Wildman–Crippen MR) is 73.7 cm³/mol. The largest absolute Gasteiger partial charge is 0.462 e. The van der Waals surface area contributed by atoms with Crippen molar-refractivity contribution < 1.29 is 14.3 Å². The number of anilines is 1. The lowest BCUT2D eigenvalue weighted by atomic mass is 10.0. The summed E-state index contributed by atoms with van der Waals surface area (Å²) in [7, 11) is 0. The van der Waals surface area contributed by atoms with Gasteiger partial charge in [0.15, 0.2) is 5.78 Å². The van der Waals surface area contributed by atoms with E-state index in [-0.39, 0.29) is 11.8 Å². The van der Waals surface area contributed by atoms with Crippen molar-refractivity contribution in [3.05, 3.63) is 28.8 Å². The lowest BCUT2D eigenvalue weighted by Gasteiger charge is -2.21. The molecule has 0 unspecified atom stereocenters. The Labute approximate surface area is 113 Å². The molecule has 0 bridgehead atoms. The Hall–Kier alpha value is -1.84. The fraction of sp³-hybridized carbons (Fsp3) is 0.467. The first-order valence-electron chi connectivity index (χ1n) is 6.58. The zero-order valence-electron chi connectivity index (χ0n) is 11.7. The van der Waals surface area contributed by atoms with Crippen LogP contribution < -0.4 is 4.90 Å². The fourth-order valence-electron chi connectivity index (χ4n) is 2.42. The number of nitrogens with zero attached hydrogens (tertiary/aromatic N) is 1. The lowest BCUT2D eigenvalue weighted by molar-refractivity contribution is -0.116. The van der Waals surface area contributed by atoms with Gasteiger partial charge in [-0.1, -0.05) is 0 Å². The predicted octanol–water partition coefficient (Wildman–Crippen LogP) is 2.26. The van der Waals surface area contributed by atoms with Crippen LogP contribution in [0.2, 0.25) is 0 Å². The van der Waals surface area contributed by atoms with Crippen LogP contribution in [0.15, 0.2) is 12.1 Å². The minimum absolute atomic E-state index is 0.270. The first kappa shape index (κ1) is 13.6. The van der Waals surface area contributed by atoms with Crippen LogP contribution in [-0.2, 0) is 9.53 Å². The van der Waals surface area contributed by atoms with Gasteiger partial charge >= 0.3 is 5.97 Å². The first-order chi connectivity index (χ1) is 9.04. The van der Waals surface area contributed by atoms with Crippen molar-refractivity contribution in [2.75, 3.05) is 24.6 Å². The number of Topliss-reactive ketones (excluding diaryl/α,β-unsaturated/α-hetero) is 1. The third-order valence-corrected chi connectivity index (χ3v) is 3.62. The minimum Gasteiger partial charge on any atom is -0.462 e. The van der Waals surface area contributed by atoms with Gasteiger partial charge in [-0.3, -0.25) is 4.79 Å². The Bertz CT molecular complexity index is 522. The molecule has 1 aliphatic heterocycles. The van der Waals surface area contributed by atoms with Crippen molar-refractivity contribution in [2.45, 2.75) is 27.2 Å². The molecule has 2 rings (SSSR count). The molecule has 4 nitrogen and oxygen atoms in total. The maximum atomic E-state index is 11.8. The van der Waals surface area contributed by atoms with E-state index in [1.807, 2.05) is 19.9 Å². The van der Waals surface area contributed by atoms with Gasteiger partial charge < -0.3 is 9.64 Å². The maximum absolute atomic E-state index is 11.8. The van der Waals surface area contributed by atoms with E-state index in [0.717, 1.165) is 23.4 Å². The van der Waals surface area contributed by atoms with Crippen LogP contribution in [0, 0.1) is 13.8 Å². The highest BCUT2D eigenvalue weighted by Gasteiger charge is 2.22. The van der Waals surface area contributed by atoms with Crippen LogP contribution in [0.25, 0.3) is 0 Å². The van der Waals surface area contributed by atoms with E-state index in [1.54, 1.807) is 13.0 Å². The van der Waals surface area contributed by atoms with E-state index in [4.69, 9.17) is 4.74 Å². The number of carbonyl (C=O) groups excluding carboxylic acids is 2. The molecular formula is C15H19NO3. The fourth-order valence-corrected chi connectivity index (χ4v) is 2.42. The molecule has 0 spiro atoms. The number of esters is 1. The smallest absolute Gasteiger partial charge is 0.338 e. The molecule has 4 heteroatoms. The van der Waals surface area contributed by atoms with Crippen LogP contribution in [0.5, 0.6) is 0 Å². The Balaban J connectivity index is 2.32. The average molecular weight is 261 g/mol. The Morgan fingerprint density at radius 2 is 2.05 bits per heavy atom. The van der Waals surface area contributed by atoms with E-state index in [1.165, 1.54) is 0 Å². The number of ether oxygens (including phenoxy) is 1. The molecule has 0 radical (unpaired) electrons. The highest BCUT2D eigenvalue weighted by atomic mass is 16.5. The molecule has 1 saturated heterocycles. The van der Waals surface area contributed by atoms with E-state index in [0.29, 0.717) is 25.1 Å². The maximum Gasteiger partial charge on any atom is 0.338 e. The van der Waals surface area contributed by atoms with Gasteiger partial charge in [-0.2, -0.15) is 0 Å². The molecule has 0 N–H and O–H groups in total. The van der Waals surface area contributed by atoms with Gasteiger partial charge in [-0.05, 0) is 44.0 Å². The van der Waals surface area contributed by atoms with Crippen LogP contribution in [0.1, 0.15) is 34.8 Å². The summed E-state index contributed by atoms with van der Waals surface area (Å²) in [6.07, 6.45) is 0.609. The van der Waals surface area contributed by atoms with Crippen molar-refractivity contribution in [2.24, 2.45) is 0 Å². The summed E-state index contributed by atoms with van der Waals surface area (Å²) in [5, 5.41) is 0. The normalized spacial score (nSPS) is 14.9. The third-order valence-electron chi connectivity index (χ3n) is 3.62. The molecule has 1 heterocycles. The molecule has 0 atom stereocenters. The van der Waals surface area contributed by atoms with Gasteiger partial charge in [0.05, 0.1) is 18.7 Å². The average Bonchev–Trinajstić information content (AvgIpc) is 2.79. The van der Waals surface area contributed by atoms with Crippen molar-refractivity contribution >= 4 is 17.4 Å². The molecule has 0 saturated carbocycles. The molecule has 1 aromatic carbocycles. The minimum atomic E-state index is -0.285. The van der Waals surface area contributed by atoms with E-state index in [9.17, 15) is 9.59 Å². The van der Waals surface area contributed by atoms with Gasteiger partial charge in [-0.25, -0.2) is 4.79 Å². The van der Waals surface area contributed by atoms with Crippen LogP contribution >= 0.6 is 0 Å². The number of ketones is 1. The quantitative estimate of drug-likeness (QED) is 0.783. The molecular weight excluding hydrogens is 242 g/mol. The second kappa shape index (κ2) is 5.43. The second-order valence-electron chi connectivity index (χ2n) is 4.81. The Morgan fingerprint density at radius 1 is 1.32 bits per heavy atom. The zero-order valence-corrected chi connectivity index (χ0v) is 11.7. The summed E-state index contributed by atoms with van der Waals surface area (Å²) in [5.41, 5.74) is 3.61. The Morgan fingerprint density at radius 3 is 2.63 bits per heavy atom. The summed E-state index contributed by atoms with van der Waals surface area (Å²) < 4.78 is 5.04. The van der Waals surface area contributed by atoms with Gasteiger partial charge in [0, 0.05) is 18.7 Å². The summed E-state index contributed by atoms with van der Waals surface area (Å²) in [4.78, 5) is 25.2. The van der Waals surface area contributed by atoms with Crippen LogP contribution in [-0.4, -0.2) is 31.4 Å². The van der Waals surface area contributed by atoms with Gasteiger partial charge in [0.2, 0.25) is 0 Å². The highest BCUT2D eigenvalue weighted by molar-refractivity contribution is 5.93. The monoisotopic (exact) mass is 261 g/mol. The summed E-state index contributed by atoms with van der Waals surface area (Å²) >= 11 is 0. The van der Waals surface area contributed by atoms with Crippen LogP contribution in [0.4, 0.5) is 5.69 Å². The molecule has 0 aromatic heterocycles. The molecule has 0 amide bonds. The molecule has 1 aromatic rings. The van der Waals surface area contributed by atoms with Gasteiger partial charge in [-0.15, -0.1) is 0 Å². The second-order valence-corrected chi connectivity index (χ2v) is 4.81. The summed E-state index contributed by atoms with van der Waals surface area (Å²) in [5.74, 6) is -0.0151. The van der Waals surface area contributed by atoms with E-state index < -0.39 is 0 Å². The topological polar surface area (TPSA) is 46.6 Å². The van der Waals surface area contributed by atoms with Crippen LogP contribution in [0.3, 0.4) is 0 Å². The SMILES string of the molecule is CCOC(=O)c1ccc(N2CCC(=O)C2)c(C)c1C. The number of rotatable bonds is 3. The first-order valence-corrected chi connectivity index (χ1v) is 6.58.